The maximum absolute atomic E-state index is 5.92. The average molecular weight is 289 g/mol. The molecule has 3 heteroatoms. The summed E-state index contributed by atoms with van der Waals surface area (Å²) in [5.41, 5.74) is 9.28. The second-order valence-corrected chi connectivity index (χ2v) is 5.78. The quantitative estimate of drug-likeness (QED) is 0.659. The lowest BCUT2D eigenvalue weighted by Crippen LogP contribution is -2.30. The summed E-state index contributed by atoms with van der Waals surface area (Å²) in [5, 5.41) is 0.758. The Morgan fingerprint density at radius 1 is 1.00 bits per heavy atom. The van der Waals surface area contributed by atoms with E-state index in [1.165, 1.54) is 27.8 Å². The standard InChI is InChI=1S/C17H21ClN2/c1-11-8-13(3)16(9-12(11)2)17(20-19)10-14-4-6-15(18)7-5-14/h4-9,17,20H,10,19H2,1-3H3. The van der Waals surface area contributed by atoms with Gasteiger partial charge in [0.15, 0.2) is 0 Å². The fraction of sp³-hybridized carbons (Fsp3) is 0.294. The van der Waals surface area contributed by atoms with Gasteiger partial charge in [-0.05, 0) is 67.1 Å². The Hall–Kier alpha value is -1.35. The van der Waals surface area contributed by atoms with Gasteiger partial charge in [-0.15, -0.1) is 0 Å². The normalized spacial score (nSPS) is 12.4. The Labute approximate surface area is 125 Å². The van der Waals surface area contributed by atoms with Crippen molar-refractivity contribution in [3.05, 3.63) is 69.2 Å². The molecule has 0 amide bonds. The van der Waals surface area contributed by atoms with E-state index in [2.05, 4.69) is 38.3 Å². The first-order chi connectivity index (χ1) is 9.51. The molecule has 2 aromatic rings. The van der Waals surface area contributed by atoms with Gasteiger partial charge in [-0.1, -0.05) is 35.9 Å². The maximum atomic E-state index is 5.92. The number of hydrogen-bond acceptors (Lipinski definition) is 2. The van der Waals surface area contributed by atoms with Crippen LogP contribution in [-0.2, 0) is 6.42 Å². The maximum Gasteiger partial charge on any atom is 0.0503 e. The van der Waals surface area contributed by atoms with Gasteiger partial charge >= 0.3 is 0 Å². The van der Waals surface area contributed by atoms with Crippen molar-refractivity contribution in [2.45, 2.75) is 33.2 Å². The molecular weight excluding hydrogens is 268 g/mol. The van der Waals surface area contributed by atoms with Crippen molar-refractivity contribution in [1.82, 2.24) is 5.43 Å². The van der Waals surface area contributed by atoms with E-state index in [1.54, 1.807) is 0 Å². The van der Waals surface area contributed by atoms with E-state index in [4.69, 9.17) is 17.4 Å². The van der Waals surface area contributed by atoms with Gasteiger partial charge in [0, 0.05) is 5.02 Å². The van der Waals surface area contributed by atoms with Crippen LogP contribution in [0.15, 0.2) is 36.4 Å². The summed E-state index contributed by atoms with van der Waals surface area (Å²) >= 11 is 5.92. The zero-order valence-corrected chi connectivity index (χ0v) is 13.0. The largest absolute Gasteiger partial charge is 0.271 e. The first kappa shape index (κ1) is 15.0. The average Bonchev–Trinajstić information content (AvgIpc) is 2.43. The summed E-state index contributed by atoms with van der Waals surface area (Å²) < 4.78 is 0. The van der Waals surface area contributed by atoms with Crippen molar-refractivity contribution in [2.24, 2.45) is 5.84 Å². The molecule has 20 heavy (non-hydrogen) atoms. The SMILES string of the molecule is Cc1cc(C)c(C(Cc2ccc(Cl)cc2)NN)cc1C. The third kappa shape index (κ3) is 3.40. The number of benzene rings is 2. The number of rotatable bonds is 4. The number of aryl methyl sites for hydroxylation is 3. The molecule has 3 N–H and O–H groups in total. The van der Waals surface area contributed by atoms with E-state index in [9.17, 15) is 0 Å². The number of nitrogens with one attached hydrogen (secondary N) is 1. The number of hydrogen-bond donors (Lipinski definition) is 2. The highest BCUT2D eigenvalue weighted by atomic mass is 35.5. The first-order valence-corrected chi connectivity index (χ1v) is 7.17. The number of hydrazine groups is 1. The van der Waals surface area contributed by atoms with Gasteiger partial charge in [0.05, 0.1) is 6.04 Å². The van der Waals surface area contributed by atoms with Crippen LogP contribution in [0.2, 0.25) is 5.02 Å². The van der Waals surface area contributed by atoms with E-state index in [0.717, 1.165) is 11.4 Å². The molecule has 0 spiro atoms. The van der Waals surface area contributed by atoms with Crippen LogP contribution in [0.5, 0.6) is 0 Å². The third-order valence-corrected chi connectivity index (χ3v) is 4.06. The molecular formula is C17H21ClN2. The van der Waals surface area contributed by atoms with Crippen molar-refractivity contribution in [1.29, 1.82) is 0 Å². The Balaban J connectivity index is 2.28. The van der Waals surface area contributed by atoms with Crippen molar-refractivity contribution in [2.75, 3.05) is 0 Å². The highest BCUT2D eigenvalue weighted by Crippen LogP contribution is 2.24. The molecule has 1 unspecified atom stereocenters. The summed E-state index contributed by atoms with van der Waals surface area (Å²) in [4.78, 5) is 0. The summed E-state index contributed by atoms with van der Waals surface area (Å²) in [6.45, 7) is 6.40. The molecule has 1 atom stereocenters. The minimum atomic E-state index is 0.107. The van der Waals surface area contributed by atoms with Gasteiger partial charge < -0.3 is 0 Å². The molecule has 0 saturated heterocycles. The van der Waals surface area contributed by atoms with Crippen molar-refractivity contribution < 1.29 is 0 Å². The van der Waals surface area contributed by atoms with Gasteiger partial charge in [-0.2, -0.15) is 0 Å². The monoisotopic (exact) mass is 288 g/mol. The molecule has 0 bridgehead atoms. The fourth-order valence-electron chi connectivity index (χ4n) is 2.47. The number of halogens is 1. The first-order valence-electron chi connectivity index (χ1n) is 6.79. The van der Waals surface area contributed by atoms with E-state index >= 15 is 0 Å². The fourth-order valence-corrected chi connectivity index (χ4v) is 2.60. The highest BCUT2D eigenvalue weighted by Gasteiger charge is 2.14. The summed E-state index contributed by atoms with van der Waals surface area (Å²) in [6.07, 6.45) is 0.844. The van der Waals surface area contributed by atoms with Gasteiger partial charge in [-0.25, -0.2) is 0 Å². The molecule has 0 heterocycles. The predicted octanol–water partition coefficient (Wildman–Crippen LogP) is 4.01. The topological polar surface area (TPSA) is 38.0 Å². The molecule has 0 radical (unpaired) electrons. The molecule has 106 valence electrons. The van der Waals surface area contributed by atoms with E-state index in [1.807, 2.05) is 24.3 Å². The second kappa shape index (κ2) is 6.40. The lowest BCUT2D eigenvalue weighted by atomic mass is 9.92. The van der Waals surface area contributed by atoms with Crippen LogP contribution in [0.1, 0.15) is 33.9 Å². The zero-order chi connectivity index (χ0) is 14.7. The van der Waals surface area contributed by atoms with Gasteiger partial charge in [0.25, 0.3) is 0 Å². The molecule has 0 aliphatic heterocycles. The molecule has 2 aromatic carbocycles. The molecule has 0 fully saturated rings. The molecule has 2 rings (SSSR count). The molecule has 0 saturated carbocycles. The smallest absolute Gasteiger partial charge is 0.0503 e. The molecule has 0 aliphatic carbocycles. The van der Waals surface area contributed by atoms with Gasteiger partial charge in [0.1, 0.15) is 0 Å². The van der Waals surface area contributed by atoms with Gasteiger partial charge in [0.2, 0.25) is 0 Å². The third-order valence-electron chi connectivity index (χ3n) is 3.81. The Kier molecular flexibility index (Phi) is 4.81. The predicted molar refractivity (Wildman–Crippen MR) is 85.9 cm³/mol. The summed E-state index contributed by atoms with van der Waals surface area (Å²) in [6, 6.07) is 12.5. The van der Waals surface area contributed by atoms with E-state index < -0.39 is 0 Å². The zero-order valence-electron chi connectivity index (χ0n) is 12.2. The Morgan fingerprint density at radius 3 is 2.20 bits per heavy atom. The minimum Gasteiger partial charge on any atom is -0.271 e. The Bertz CT molecular complexity index is 591. The Morgan fingerprint density at radius 2 is 1.60 bits per heavy atom. The van der Waals surface area contributed by atoms with E-state index in [-0.39, 0.29) is 6.04 Å². The lowest BCUT2D eigenvalue weighted by molar-refractivity contribution is 0.549. The second-order valence-electron chi connectivity index (χ2n) is 5.34. The summed E-state index contributed by atoms with van der Waals surface area (Å²) in [5.74, 6) is 5.76. The van der Waals surface area contributed by atoms with Crippen molar-refractivity contribution in [3.8, 4) is 0 Å². The van der Waals surface area contributed by atoms with E-state index in [0.29, 0.717) is 0 Å². The van der Waals surface area contributed by atoms with Gasteiger partial charge in [-0.3, -0.25) is 11.3 Å². The summed E-state index contributed by atoms with van der Waals surface area (Å²) in [7, 11) is 0. The van der Waals surface area contributed by atoms with Crippen molar-refractivity contribution in [3.63, 3.8) is 0 Å². The van der Waals surface area contributed by atoms with Crippen LogP contribution in [0, 0.1) is 20.8 Å². The lowest BCUT2D eigenvalue weighted by Gasteiger charge is -2.20. The van der Waals surface area contributed by atoms with Crippen LogP contribution in [0.25, 0.3) is 0 Å². The van der Waals surface area contributed by atoms with Crippen LogP contribution in [-0.4, -0.2) is 0 Å². The number of nitrogens with two attached hydrogens (primary N) is 1. The van der Waals surface area contributed by atoms with Crippen LogP contribution < -0.4 is 11.3 Å². The van der Waals surface area contributed by atoms with Crippen LogP contribution in [0.3, 0.4) is 0 Å². The molecule has 2 nitrogen and oxygen atoms in total. The minimum absolute atomic E-state index is 0.107. The molecule has 0 aliphatic rings. The van der Waals surface area contributed by atoms with Crippen molar-refractivity contribution >= 4 is 11.6 Å². The van der Waals surface area contributed by atoms with Crippen LogP contribution >= 0.6 is 11.6 Å². The van der Waals surface area contributed by atoms with Crippen LogP contribution in [0.4, 0.5) is 0 Å². The highest BCUT2D eigenvalue weighted by molar-refractivity contribution is 6.30. The molecule has 0 aromatic heterocycles.